The smallest absolute Gasteiger partial charge is 0.181 e. The SMILES string of the molecule is CNC(C)C(=O)c1ccn2ccc(F)cc12. The third-order valence-electron chi connectivity index (χ3n) is 2.72. The van der Waals surface area contributed by atoms with E-state index in [2.05, 4.69) is 5.32 Å². The number of nitrogens with one attached hydrogen (secondary N) is 1. The Hall–Kier alpha value is -1.68. The van der Waals surface area contributed by atoms with Gasteiger partial charge in [0, 0.05) is 18.0 Å². The van der Waals surface area contributed by atoms with Gasteiger partial charge in [0.1, 0.15) is 5.82 Å². The molecule has 3 nitrogen and oxygen atoms in total. The van der Waals surface area contributed by atoms with E-state index in [-0.39, 0.29) is 17.6 Å². The van der Waals surface area contributed by atoms with Gasteiger partial charge in [-0.05, 0) is 32.2 Å². The predicted molar refractivity (Wildman–Crippen MR) is 60.2 cm³/mol. The number of nitrogens with zero attached hydrogens (tertiary/aromatic N) is 1. The number of carbonyl (C=O) groups is 1. The van der Waals surface area contributed by atoms with Gasteiger partial charge in [-0.3, -0.25) is 4.79 Å². The fourth-order valence-corrected chi connectivity index (χ4v) is 1.64. The number of pyridine rings is 1. The predicted octanol–water partition coefficient (Wildman–Crippen LogP) is 1.87. The number of fused-ring (bicyclic) bond motifs is 1. The maximum absolute atomic E-state index is 13.1. The minimum absolute atomic E-state index is 0.0319. The number of rotatable bonds is 3. The summed E-state index contributed by atoms with van der Waals surface area (Å²) >= 11 is 0. The van der Waals surface area contributed by atoms with Gasteiger partial charge >= 0.3 is 0 Å². The lowest BCUT2D eigenvalue weighted by molar-refractivity contribution is 0.0957. The first-order valence-corrected chi connectivity index (χ1v) is 5.11. The summed E-state index contributed by atoms with van der Waals surface area (Å²) in [6.07, 6.45) is 3.36. The highest BCUT2D eigenvalue weighted by Crippen LogP contribution is 2.15. The van der Waals surface area contributed by atoms with E-state index in [1.165, 1.54) is 12.1 Å². The molecule has 0 aliphatic carbocycles. The van der Waals surface area contributed by atoms with Crippen LogP contribution in [0.2, 0.25) is 0 Å². The molecule has 0 bridgehead atoms. The highest BCUT2D eigenvalue weighted by molar-refractivity contribution is 6.05. The summed E-state index contributed by atoms with van der Waals surface area (Å²) in [7, 11) is 1.72. The lowest BCUT2D eigenvalue weighted by Gasteiger charge is -2.07. The van der Waals surface area contributed by atoms with Gasteiger partial charge in [0.25, 0.3) is 0 Å². The Kier molecular flexibility index (Phi) is 2.75. The van der Waals surface area contributed by atoms with Gasteiger partial charge < -0.3 is 9.72 Å². The first-order chi connectivity index (χ1) is 7.63. The van der Waals surface area contributed by atoms with Crippen molar-refractivity contribution in [2.24, 2.45) is 0 Å². The average Bonchev–Trinajstić information content (AvgIpc) is 2.69. The Morgan fingerprint density at radius 3 is 2.81 bits per heavy atom. The van der Waals surface area contributed by atoms with E-state index >= 15 is 0 Å². The normalized spacial score (nSPS) is 12.9. The molecular weight excluding hydrogens is 207 g/mol. The largest absolute Gasteiger partial charge is 0.323 e. The lowest BCUT2D eigenvalue weighted by Crippen LogP contribution is -2.30. The van der Waals surface area contributed by atoms with Crippen LogP contribution < -0.4 is 5.32 Å². The van der Waals surface area contributed by atoms with Crippen molar-refractivity contribution in [3.05, 3.63) is 42.0 Å². The van der Waals surface area contributed by atoms with Gasteiger partial charge in [-0.15, -0.1) is 0 Å². The van der Waals surface area contributed by atoms with E-state index in [1.807, 2.05) is 0 Å². The lowest BCUT2D eigenvalue weighted by atomic mass is 10.1. The third-order valence-corrected chi connectivity index (χ3v) is 2.72. The number of Topliss-reactive ketones (excluding diaryl/α,β-unsaturated/α-hetero) is 1. The summed E-state index contributed by atoms with van der Waals surface area (Å²) in [6, 6.07) is 4.18. The van der Waals surface area contributed by atoms with Gasteiger partial charge in [0.2, 0.25) is 0 Å². The first kappa shape index (κ1) is 10.8. The van der Waals surface area contributed by atoms with Gasteiger partial charge in [0.05, 0.1) is 11.6 Å². The Morgan fingerprint density at radius 1 is 1.44 bits per heavy atom. The molecule has 2 heterocycles. The number of hydrogen-bond acceptors (Lipinski definition) is 2. The number of halogens is 1. The highest BCUT2D eigenvalue weighted by Gasteiger charge is 2.16. The van der Waals surface area contributed by atoms with E-state index in [9.17, 15) is 9.18 Å². The second kappa shape index (κ2) is 4.06. The number of likely N-dealkylation sites (N-methyl/N-ethyl adjacent to an activating group) is 1. The molecule has 1 unspecified atom stereocenters. The molecule has 0 saturated heterocycles. The van der Waals surface area contributed by atoms with Crippen LogP contribution in [-0.4, -0.2) is 23.3 Å². The van der Waals surface area contributed by atoms with Crippen LogP contribution in [0.25, 0.3) is 5.52 Å². The summed E-state index contributed by atoms with van der Waals surface area (Å²) in [5, 5.41) is 2.88. The second-order valence-corrected chi connectivity index (χ2v) is 3.74. The monoisotopic (exact) mass is 220 g/mol. The average molecular weight is 220 g/mol. The van der Waals surface area contributed by atoms with Crippen molar-refractivity contribution < 1.29 is 9.18 Å². The van der Waals surface area contributed by atoms with Crippen molar-refractivity contribution in [2.75, 3.05) is 7.05 Å². The van der Waals surface area contributed by atoms with Crippen molar-refractivity contribution in [1.82, 2.24) is 9.72 Å². The zero-order chi connectivity index (χ0) is 11.7. The van der Waals surface area contributed by atoms with E-state index in [0.29, 0.717) is 11.1 Å². The molecule has 2 aromatic rings. The van der Waals surface area contributed by atoms with E-state index < -0.39 is 0 Å². The molecule has 2 rings (SSSR count). The van der Waals surface area contributed by atoms with Crippen LogP contribution in [0, 0.1) is 5.82 Å². The molecular formula is C12H13FN2O. The first-order valence-electron chi connectivity index (χ1n) is 5.11. The summed E-state index contributed by atoms with van der Waals surface area (Å²) in [4.78, 5) is 12.0. The summed E-state index contributed by atoms with van der Waals surface area (Å²) < 4.78 is 14.8. The van der Waals surface area contributed by atoms with E-state index in [1.54, 1.807) is 36.8 Å². The Morgan fingerprint density at radius 2 is 2.12 bits per heavy atom. The van der Waals surface area contributed by atoms with E-state index in [4.69, 9.17) is 0 Å². The number of hydrogen-bond donors (Lipinski definition) is 1. The molecule has 0 aromatic carbocycles. The van der Waals surface area contributed by atoms with Crippen LogP contribution in [0.4, 0.5) is 4.39 Å². The summed E-state index contributed by atoms with van der Waals surface area (Å²) in [6.45, 7) is 1.78. The topological polar surface area (TPSA) is 33.5 Å². The Labute approximate surface area is 92.9 Å². The molecule has 0 spiro atoms. The minimum Gasteiger partial charge on any atom is -0.323 e. The second-order valence-electron chi connectivity index (χ2n) is 3.74. The van der Waals surface area contributed by atoms with Crippen molar-refractivity contribution in [2.45, 2.75) is 13.0 Å². The number of aromatic nitrogens is 1. The fraction of sp³-hybridized carbons (Fsp3) is 0.250. The van der Waals surface area contributed by atoms with Crippen molar-refractivity contribution >= 4 is 11.3 Å². The number of carbonyl (C=O) groups excluding carboxylic acids is 1. The maximum Gasteiger partial charge on any atom is 0.181 e. The Bertz CT molecular complexity index is 533. The highest BCUT2D eigenvalue weighted by atomic mass is 19.1. The molecule has 0 radical (unpaired) electrons. The van der Waals surface area contributed by atoms with E-state index in [0.717, 1.165) is 0 Å². The zero-order valence-corrected chi connectivity index (χ0v) is 9.20. The summed E-state index contributed by atoms with van der Waals surface area (Å²) in [5.74, 6) is -0.368. The van der Waals surface area contributed by atoms with Crippen molar-refractivity contribution in [3.63, 3.8) is 0 Å². The van der Waals surface area contributed by atoms with Crippen LogP contribution in [0.5, 0.6) is 0 Å². The molecule has 4 heteroatoms. The third kappa shape index (κ3) is 1.72. The maximum atomic E-state index is 13.1. The van der Waals surface area contributed by atoms with Gasteiger partial charge in [-0.2, -0.15) is 0 Å². The van der Waals surface area contributed by atoms with Crippen LogP contribution in [0.15, 0.2) is 30.6 Å². The van der Waals surface area contributed by atoms with Crippen LogP contribution in [0.1, 0.15) is 17.3 Å². The van der Waals surface area contributed by atoms with Gasteiger partial charge in [-0.1, -0.05) is 0 Å². The van der Waals surface area contributed by atoms with Crippen LogP contribution in [-0.2, 0) is 0 Å². The fourth-order valence-electron chi connectivity index (χ4n) is 1.64. The molecule has 84 valence electrons. The van der Waals surface area contributed by atoms with Crippen molar-refractivity contribution in [1.29, 1.82) is 0 Å². The van der Waals surface area contributed by atoms with Crippen molar-refractivity contribution in [3.8, 4) is 0 Å². The molecule has 16 heavy (non-hydrogen) atoms. The molecule has 0 amide bonds. The Balaban J connectivity index is 2.53. The molecule has 1 N–H and O–H groups in total. The zero-order valence-electron chi connectivity index (χ0n) is 9.20. The molecule has 0 fully saturated rings. The molecule has 0 saturated carbocycles. The quantitative estimate of drug-likeness (QED) is 0.801. The molecule has 2 aromatic heterocycles. The molecule has 0 aliphatic heterocycles. The molecule has 1 atom stereocenters. The van der Waals surface area contributed by atoms with Gasteiger partial charge in [-0.25, -0.2) is 4.39 Å². The van der Waals surface area contributed by atoms with Gasteiger partial charge in [0.15, 0.2) is 5.78 Å². The summed E-state index contributed by atoms with van der Waals surface area (Å²) in [5.41, 5.74) is 1.15. The number of ketones is 1. The minimum atomic E-state index is -0.336. The standard InChI is InChI=1S/C12H13FN2O/c1-8(14-2)12(16)10-4-6-15-5-3-9(13)7-11(10)15/h3-8,14H,1-2H3. The van der Waals surface area contributed by atoms with Crippen LogP contribution in [0.3, 0.4) is 0 Å². The van der Waals surface area contributed by atoms with Crippen LogP contribution >= 0.6 is 0 Å². The molecule has 0 aliphatic rings.